The molecule has 20 heavy (non-hydrogen) atoms. The zero-order valence-corrected chi connectivity index (χ0v) is 10.9. The van der Waals surface area contributed by atoms with Gasteiger partial charge in [0.2, 0.25) is 0 Å². The monoisotopic (exact) mass is 281 g/mol. The smallest absolute Gasteiger partial charge is 0.169 e. The molecule has 1 aromatic heterocycles. The number of rotatable bonds is 5. The third kappa shape index (κ3) is 3.40. The molecule has 0 atom stereocenters. The molecule has 2 N–H and O–H groups in total. The molecule has 0 radical (unpaired) electrons. The highest BCUT2D eigenvalue weighted by atomic mass is 19.1. The summed E-state index contributed by atoms with van der Waals surface area (Å²) in [4.78, 5) is 3.84. The maximum absolute atomic E-state index is 13.7. The molecule has 0 aliphatic rings. The quantitative estimate of drug-likeness (QED) is 0.867. The van der Waals surface area contributed by atoms with Crippen molar-refractivity contribution < 1.29 is 13.2 Å². The van der Waals surface area contributed by atoms with Crippen molar-refractivity contribution in [2.24, 2.45) is 0 Å². The molecule has 106 valence electrons. The first-order valence-electron chi connectivity index (χ1n) is 6.22. The molecule has 6 heteroatoms. The van der Waals surface area contributed by atoms with Crippen LogP contribution in [-0.2, 0) is 0 Å². The van der Waals surface area contributed by atoms with Crippen molar-refractivity contribution in [1.82, 2.24) is 4.98 Å². The second-order valence-electron chi connectivity index (χ2n) is 4.21. The standard InChI is InChI=1S/C14H14F3N3/c1-2-6-18-13-11(16)8-12(17)14(20-13)19-10-5-3-4-9(15)7-10/h3-5,7-8H,2,6H2,1H3,(H2,18,19,20). The number of hydrogen-bond donors (Lipinski definition) is 2. The molecule has 0 saturated carbocycles. The van der Waals surface area contributed by atoms with Crippen LogP contribution >= 0.6 is 0 Å². The average molecular weight is 281 g/mol. The van der Waals surface area contributed by atoms with E-state index in [-0.39, 0.29) is 11.6 Å². The van der Waals surface area contributed by atoms with Gasteiger partial charge in [0.05, 0.1) is 0 Å². The predicted octanol–water partition coefficient (Wildman–Crippen LogP) is 4.06. The predicted molar refractivity (Wildman–Crippen MR) is 72.6 cm³/mol. The van der Waals surface area contributed by atoms with Crippen molar-refractivity contribution in [3.05, 3.63) is 47.8 Å². The number of hydrogen-bond acceptors (Lipinski definition) is 3. The van der Waals surface area contributed by atoms with Crippen molar-refractivity contribution in [2.45, 2.75) is 13.3 Å². The maximum atomic E-state index is 13.7. The number of anilines is 3. The Morgan fingerprint density at radius 1 is 1.05 bits per heavy atom. The van der Waals surface area contributed by atoms with Crippen LogP contribution in [0.2, 0.25) is 0 Å². The van der Waals surface area contributed by atoms with Gasteiger partial charge in [-0.3, -0.25) is 0 Å². The molecule has 2 aromatic rings. The highest BCUT2D eigenvalue weighted by molar-refractivity contribution is 5.59. The molecule has 1 heterocycles. The van der Waals surface area contributed by atoms with Crippen LogP contribution in [0.5, 0.6) is 0 Å². The van der Waals surface area contributed by atoms with Gasteiger partial charge in [-0.05, 0) is 24.6 Å². The summed E-state index contributed by atoms with van der Waals surface area (Å²) in [5, 5.41) is 5.38. The van der Waals surface area contributed by atoms with Crippen LogP contribution in [0.15, 0.2) is 30.3 Å². The minimum atomic E-state index is -0.839. The third-order valence-electron chi connectivity index (χ3n) is 2.56. The lowest BCUT2D eigenvalue weighted by Gasteiger charge is -2.10. The topological polar surface area (TPSA) is 37.0 Å². The highest BCUT2D eigenvalue weighted by Gasteiger charge is 2.12. The Hall–Kier alpha value is -2.24. The molecule has 1 aromatic carbocycles. The van der Waals surface area contributed by atoms with Crippen LogP contribution in [0.25, 0.3) is 0 Å². The molecule has 0 saturated heterocycles. The first-order valence-corrected chi connectivity index (χ1v) is 6.22. The molecule has 2 rings (SSSR count). The minimum Gasteiger partial charge on any atom is -0.368 e. The summed E-state index contributed by atoms with van der Waals surface area (Å²) >= 11 is 0. The van der Waals surface area contributed by atoms with Gasteiger partial charge in [-0.15, -0.1) is 0 Å². The summed E-state index contributed by atoms with van der Waals surface area (Å²) in [6.07, 6.45) is 0.783. The Kier molecular flexibility index (Phi) is 4.45. The van der Waals surface area contributed by atoms with E-state index in [4.69, 9.17) is 0 Å². The second-order valence-corrected chi connectivity index (χ2v) is 4.21. The van der Waals surface area contributed by atoms with E-state index in [1.54, 1.807) is 6.07 Å². The maximum Gasteiger partial charge on any atom is 0.169 e. The normalized spacial score (nSPS) is 10.4. The summed E-state index contributed by atoms with van der Waals surface area (Å²) in [5.41, 5.74) is 0.337. The van der Waals surface area contributed by atoms with E-state index in [2.05, 4.69) is 15.6 Å². The lowest BCUT2D eigenvalue weighted by Crippen LogP contribution is -2.07. The summed E-state index contributed by atoms with van der Waals surface area (Å²) < 4.78 is 40.2. The van der Waals surface area contributed by atoms with Crippen molar-refractivity contribution in [3.8, 4) is 0 Å². The summed E-state index contributed by atoms with van der Waals surface area (Å²) in [7, 11) is 0. The van der Waals surface area contributed by atoms with Gasteiger partial charge in [0.25, 0.3) is 0 Å². The fourth-order valence-electron chi connectivity index (χ4n) is 1.62. The van der Waals surface area contributed by atoms with Gasteiger partial charge in [-0.25, -0.2) is 18.2 Å². The Morgan fingerprint density at radius 2 is 1.80 bits per heavy atom. The van der Waals surface area contributed by atoms with E-state index in [1.165, 1.54) is 18.2 Å². The molecule has 0 spiro atoms. The molecule has 0 unspecified atom stereocenters. The molecule has 0 aliphatic carbocycles. The fraction of sp³-hybridized carbons (Fsp3) is 0.214. The van der Waals surface area contributed by atoms with Crippen molar-refractivity contribution in [1.29, 1.82) is 0 Å². The lowest BCUT2D eigenvalue weighted by molar-refractivity contribution is 0.579. The number of nitrogens with zero attached hydrogens (tertiary/aromatic N) is 1. The first kappa shape index (κ1) is 14.2. The zero-order valence-electron chi connectivity index (χ0n) is 10.9. The van der Waals surface area contributed by atoms with Crippen molar-refractivity contribution in [3.63, 3.8) is 0 Å². The summed E-state index contributed by atoms with van der Waals surface area (Å²) in [6, 6.07) is 6.26. The SMILES string of the molecule is CCCNc1nc(Nc2cccc(F)c2)c(F)cc1F. The fourth-order valence-corrected chi connectivity index (χ4v) is 1.62. The lowest BCUT2D eigenvalue weighted by atomic mass is 10.3. The third-order valence-corrected chi connectivity index (χ3v) is 2.56. The Bertz CT molecular complexity index is 602. The molecular weight excluding hydrogens is 267 g/mol. The first-order chi connectivity index (χ1) is 9.60. The largest absolute Gasteiger partial charge is 0.368 e. The molecule has 0 fully saturated rings. The average Bonchev–Trinajstić information content (AvgIpc) is 2.40. The van der Waals surface area contributed by atoms with Crippen molar-refractivity contribution >= 4 is 17.3 Å². The molecule has 0 amide bonds. The minimum absolute atomic E-state index is 0.0350. The summed E-state index contributed by atoms with van der Waals surface area (Å²) in [6.45, 7) is 2.44. The van der Waals surface area contributed by atoms with Gasteiger partial charge in [-0.1, -0.05) is 13.0 Å². The van der Waals surface area contributed by atoms with Gasteiger partial charge < -0.3 is 10.6 Å². The zero-order chi connectivity index (χ0) is 14.5. The van der Waals surface area contributed by atoms with Crippen LogP contribution in [-0.4, -0.2) is 11.5 Å². The van der Waals surface area contributed by atoms with E-state index >= 15 is 0 Å². The second kappa shape index (κ2) is 6.27. The van der Waals surface area contributed by atoms with E-state index in [9.17, 15) is 13.2 Å². The van der Waals surface area contributed by atoms with E-state index < -0.39 is 17.5 Å². The number of halogens is 3. The molecule has 3 nitrogen and oxygen atoms in total. The number of pyridine rings is 1. The van der Waals surface area contributed by atoms with E-state index in [0.29, 0.717) is 12.2 Å². The van der Waals surface area contributed by atoms with Gasteiger partial charge >= 0.3 is 0 Å². The molecule has 0 bridgehead atoms. The van der Waals surface area contributed by atoms with Crippen molar-refractivity contribution in [2.75, 3.05) is 17.2 Å². The summed E-state index contributed by atoms with van der Waals surface area (Å²) in [5.74, 6) is -2.25. The van der Waals surface area contributed by atoms with E-state index in [1.807, 2.05) is 6.92 Å². The van der Waals surface area contributed by atoms with Crippen LogP contribution in [0.1, 0.15) is 13.3 Å². The Morgan fingerprint density at radius 3 is 2.50 bits per heavy atom. The van der Waals surface area contributed by atoms with Crippen LogP contribution in [0.4, 0.5) is 30.5 Å². The Labute approximate surface area is 114 Å². The van der Waals surface area contributed by atoms with Crippen LogP contribution in [0, 0.1) is 17.5 Å². The van der Waals surface area contributed by atoms with Gasteiger partial charge in [-0.2, -0.15) is 0 Å². The van der Waals surface area contributed by atoms with Gasteiger partial charge in [0.1, 0.15) is 5.82 Å². The highest BCUT2D eigenvalue weighted by Crippen LogP contribution is 2.22. The number of benzene rings is 1. The van der Waals surface area contributed by atoms with Crippen LogP contribution in [0.3, 0.4) is 0 Å². The molecule has 0 aliphatic heterocycles. The number of nitrogens with one attached hydrogen (secondary N) is 2. The van der Waals surface area contributed by atoms with E-state index in [0.717, 1.165) is 12.5 Å². The number of aromatic nitrogens is 1. The Balaban J connectivity index is 2.26. The van der Waals surface area contributed by atoms with Gasteiger partial charge in [0, 0.05) is 18.3 Å². The van der Waals surface area contributed by atoms with Gasteiger partial charge in [0.15, 0.2) is 23.3 Å². The van der Waals surface area contributed by atoms with Crippen LogP contribution < -0.4 is 10.6 Å². The molecular formula is C14H14F3N3.